The molecule has 0 saturated heterocycles. The van der Waals surface area contributed by atoms with E-state index < -0.39 is 0 Å². The molecule has 0 aliphatic rings. The van der Waals surface area contributed by atoms with Crippen molar-refractivity contribution >= 4 is 17.5 Å². The third-order valence-electron chi connectivity index (χ3n) is 3.46. The van der Waals surface area contributed by atoms with Gasteiger partial charge in [0.25, 0.3) is 0 Å². The molecule has 2 N–H and O–H groups in total. The summed E-state index contributed by atoms with van der Waals surface area (Å²) in [6, 6.07) is 11.1. The maximum atomic E-state index is 5.69. The smallest absolute Gasteiger partial charge is 0.175 e. The molecule has 3 rings (SSSR count). The van der Waals surface area contributed by atoms with Crippen molar-refractivity contribution in [1.82, 2.24) is 15.1 Å². The topological polar surface area (TPSA) is 94.3 Å². The van der Waals surface area contributed by atoms with Crippen LogP contribution in [-0.2, 0) is 0 Å². The Morgan fingerprint density at radius 1 is 0.962 bits per heavy atom. The van der Waals surface area contributed by atoms with Gasteiger partial charge in [-0.05, 0) is 38.1 Å². The van der Waals surface area contributed by atoms with E-state index in [4.69, 9.17) is 14.0 Å². The van der Waals surface area contributed by atoms with E-state index >= 15 is 0 Å². The van der Waals surface area contributed by atoms with Crippen molar-refractivity contribution in [2.75, 3.05) is 30.9 Å². The van der Waals surface area contributed by atoms with Crippen molar-refractivity contribution in [3.05, 3.63) is 48.0 Å². The van der Waals surface area contributed by atoms with E-state index in [9.17, 15) is 0 Å². The molecule has 0 amide bonds. The number of anilines is 3. The Morgan fingerprint density at radius 3 is 2.38 bits per heavy atom. The molecule has 3 aromatic rings. The minimum Gasteiger partial charge on any atom is -0.497 e. The molecule has 0 spiro atoms. The van der Waals surface area contributed by atoms with Crippen LogP contribution in [0.5, 0.6) is 11.5 Å². The Morgan fingerprint density at radius 2 is 1.69 bits per heavy atom. The number of hydrogen-bond donors (Lipinski definition) is 2. The van der Waals surface area contributed by atoms with Gasteiger partial charge in [-0.3, -0.25) is 0 Å². The number of ether oxygens (including phenoxy) is 2. The lowest BCUT2D eigenvalue weighted by Gasteiger charge is -2.10. The van der Waals surface area contributed by atoms with Crippen LogP contribution < -0.4 is 20.1 Å². The lowest BCUT2D eigenvalue weighted by molar-refractivity contribution is 0.331. The number of hydrogen-bond acceptors (Lipinski definition) is 8. The number of nitrogens with zero attached hydrogens (tertiary/aromatic N) is 3. The second-order valence-electron chi connectivity index (χ2n) is 5.58. The highest BCUT2D eigenvalue weighted by Crippen LogP contribution is 2.18. The van der Waals surface area contributed by atoms with Crippen molar-refractivity contribution in [3.63, 3.8) is 0 Å². The van der Waals surface area contributed by atoms with Crippen LogP contribution >= 0.6 is 0 Å². The fourth-order valence-electron chi connectivity index (χ4n) is 2.30. The summed E-state index contributed by atoms with van der Waals surface area (Å²) in [6.45, 7) is 4.77. The summed E-state index contributed by atoms with van der Waals surface area (Å²) in [7, 11) is 1.64. The molecule has 1 aromatic carbocycles. The molecular formula is C18H21N5O3. The zero-order valence-electron chi connectivity index (χ0n) is 14.9. The number of aryl methyl sites for hydroxylation is 2. The van der Waals surface area contributed by atoms with E-state index in [0.29, 0.717) is 36.4 Å². The highest BCUT2D eigenvalue weighted by atomic mass is 16.5. The van der Waals surface area contributed by atoms with Crippen LogP contribution in [0.3, 0.4) is 0 Å². The van der Waals surface area contributed by atoms with Crippen LogP contribution in [0.1, 0.15) is 11.6 Å². The van der Waals surface area contributed by atoms with Gasteiger partial charge in [0, 0.05) is 12.1 Å². The first-order valence-corrected chi connectivity index (χ1v) is 8.19. The molecule has 2 aromatic heterocycles. The fourth-order valence-corrected chi connectivity index (χ4v) is 2.30. The lowest BCUT2D eigenvalue weighted by atomic mass is 10.3. The Balaban J connectivity index is 1.52. The van der Waals surface area contributed by atoms with E-state index in [1.807, 2.05) is 44.2 Å². The van der Waals surface area contributed by atoms with Crippen LogP contribution in [0.2, 0.25) is 0 Å². The number of aromatic nitrogens is 3. The van der Waals surface area contributed by atoms with Gasteiger partial charge >= 0.3 is 0 Å². The molecule has 0 fully saturated rings. The van der Waals surface area contributed by atoms with Gasteiger partial charge < -0.3 is 24.6 Å². The Bertz CT molecular complexity index is 848. The molecule has 26 heavy (non-hydrogen) atoms. The first kappa shape index (κ1) is 17.5. The normalized spacial score (nSPS) is 10.4. The molecule has 0 saturated carbocycles. The molecule has 8 nitrogen and oxygen atoms in total. The highest BCUT2D eigenvalue weighted by molar-refractivity contribution is 5.55. The molecule has 8 heteroatoms. The number of benzene rings is 1. The van der Waals surface area contributed by atoms with Crippen LogP contribution in [-0.4, -0.2) is 35.4 Å². The molecule has 0 aliphatic heterocycles. The summed E-state index contributed by atoms with van der Waals surface area (Å²) in [5, 5.41) is 10.2. The number of rotatable bonds is 8. The SMILES string of the molecule is COc1ccc(OCCNc2cc(Nc3cc(C)on3)nc(C)n2)cc1. The molecule has 136 valence electrons. The minimum atomic E-state index is 0.501. The van der Waals surface area contributed by atoms with Gasteiger partial charge in [0.2, 0.25) is 0 Å². The quantitative estimate of drug-likeness (QED) is 0.594. The highest BCUT2D eigenvalue weighted by Gasteiger charge is 2.05. The van der Waals surface area contributed by atoms with E-state index in [1.165, 1.54) is 0 Å². The lowest BCUT2D eigenvalue weighted by Crippen LogP contribution is -2.13. The Hall–Kier alpha value is -3.29. The van der Waals surface area contributed by atoms with Crippen molar-refractivity contribution in [2.24, 2.45) is 0 Å². The van der Waals surface area contributed by atoms with Crippen LogP contribution in [0, 0.1) is 13.8 Å². The Kier molecular flexibility index (Phi) is 5.52. The summed E-state index contributed by atoms with van der Waals surface area (Å²) >= 11 is 0. The molecule has 0 bridgehead atoms. The monoisotopic (exact) mass is 355 g/mol. The van der Waals surface area contributed by atoms with Gasteiger partial charge in [-0.25, -0.2) is 9.97 Å². The maximum absolute atomic E-state index is 5.69. The summed E-state index contributed by atoms with van der Waals surface area (Å²) < 4.78 is 15.8. The molecule has 0 unspecified atom stereocenters. The molecular weight excluding hydrogens is 334 g/mol. The number of methoxy groups -OCH3 is 1. The van der Waals surface area contributed by atoms with Crippen LogP contribution in [0.4, 0.5) is 17.5 Å². The summed E-state index contributed by atoms with van der Waals surface area (Å²) in [6.07, 6.45) is 0. The van der Waals surface area contributed by atoms with E-state index in [-0.39, 0.29) is 0 Å². The molecule has 0 atom stereocenters. The summed E-state index contributed by atoms with van der Waals surface area (Å²) in [5.41, 5.74) is 0. The van der Waals surface area contributed by atoms with Crippen molar-refractivity contribution in [3.8, 4) is 11.5 Å². The maximum Gasteiger partial charge on any atom is 0.175 e. The van der Waals surface area contributed by atoms with E-state index in [2.05, 4.69) is 25.8 Å². The average molecular weight is 355 g/mol. The van der Waals surface area contributed by atoms with Gasteiger partial charge in [0.15, 0.2) is 5.82 Å². The van der Waals surface area contributed by atoms with Crippen LogP contribution in [0.15, 0.2) is 40.9 Å². The predicted molar refractivity (Wildman–Crippen MR) is 98.3 cm³/mol. The van der Waals surface area contributed by atoms with Crippen molar-refractivity contribution in [1.29, 1.82) is 0 Å². The van der Waals surface area contributed by atoms with Gasteiger partial charge in [0.05, 0.1) is 13.7 Å². The first-order valence-electron chi connectivity index (χ1n) is 8.19. The fraction of sp³-hybridized carbons (Fsp3) is 0.278. The average Bonchev–Trinajstić information content (AvgIpc) is 3.03. The number of nitrogens with one attached hydrogen (secondary N) is 2. The zero-order chi connectivity index (χ0) is 18.4. The summed E-state index contributed by atoms with van der Waals surface area (Å²) in [5.74, 6) is 4.92. The second kappa shape index (κ2) is 8.19. The van der Waals surface area contributed by atoms with Crippen LogP contribution in [0.25, 0.3) is 0 Å². The van der Waals surface area contributed by atoms with Gasteiger partial charge in [0.1, 0.15) is 41.3 Å². The first-order chi connectivity index (χ1) is 12.6. The molecule has 2 heterocycles. The molecule has 0 aliphatic carbocycles. The van der Waals surface area contributed by atoms with E-state index in [1.54, 1.807) is 13.2 Å². The predicted octanol–water partition coefficient (Wildman–Crippen LogP) is 3.32. The van der Waals surface area contributed by atoms with Crippen molar-refractivity contribution < 1.29 is 14.0 Å². The zero-order valence-corrected chi connectivity index (χ0v) is 14.9. The summed E-state index contributed by atoms with van der Waals surface area (Å²) in [4.78, 5) is 8.71. The molecule has 0 radical (unpaired) electrons. The second-order valence-corrected chi connectivity index (χ2v) is 5.58. The third-order valence-corrected chi connectivity index (χ3v) is 3.46. The minimum absolute atomic E-state index is 0.501. The Labute approximate surface area is 151 Å². The largest absolute Gasteiger partial charge is 0.497 e. The third kappa shape index (κ3) is 4.85. The standard InChI is InChI=1S/C18H21N5O3/c1-12-10-18(23-26-12)22-17-11-16(20-13(2)21-17)19-8-9-25-15-6-4-14(24-3)5-7-15/h4-7,10-11H,8-9H2,1-3H3,(H2,19,20,21,22,23). The van der Waals surface area contributed by atoms with Gasteiger partial charge in [-0.15, -0.1) is 0 Å². The van der Waals surface area contributed by atoms with Gasteiger partial charge in [-0.1, -0.05) is 5.16 Å². The van der Waals surface area contributed by atoms with Gasteiger partial charge in [-0.2, -0.15) is 0 Å². The van der Waals surface area contributed by atoms with Crippen molar-refractivity contribution in [2.45, 2.75) is 13.8 Å². The van der Waals surface area contributed by atoms with E-state index in [0.717, 1.165) is 17.3 Å².